The monoisotopic (exact) mass is 750 g/mol. The minimum Gasteiger partial charge on any atom is -0.387 e. The zero-order valence-electron chi connectivity index (χ0n) is 25.4. The summed E-state index contributed by atoms with van der Waals surface area (Å²) >= 11 is 8.09. The third-order valence-corrected chi connectivity index (χ3v) is 11.1. The molecule has 5 N–H and O–H groups in total. The van der Waals surface area contributed by atoms with Crippen LogP contribution in [-0.2, 0) is 46.2 Å². The van der Waals surface area contributed by atoms with Gasteiger partial charge in [-0.15, -0.1) is 0 Å². The Balaban J connectivity index is 1.21. The van der Waals surface area contributed by atoms with Crippen LogP contribution in [0.3, 0.4) is 0 Å². The molecule has 48 heavy (non-hydrogen) atoms. The number of nitrogens with zero attached hydrogens (tertiary/aromatic N) is 8. The molecule has 2 aliphatic heterocycles. The number of aliphatic hydroxyl groups excluding tert-OH is 1. The second kappa shape index (κ2) is 14.0. The summed E-state index contributed by atoms with van der Waals surface area (Å²) in [5.74, 6) is 0.296. The Morgan fingerprint density at radius 1 is 0.771 bits per heavy atom. The minimum atomic E-state index is -4.29. The first-order valence-corrected chi connectivity index (χ1v) is 19.4. The van der Waals surface area contributed by atoms with Gasteiger partial charge in [0.25, 0.3) is 0 Å². The highest BCUT2D eigenvalue weighted by atomic mass is 32.7. The molecular weight excluding hydrogens is 718 g/mol. The minimum absolute atomic E-state index is 0.135. The second-order valence-electron chi connectivity index (χ2n) is 10.5. The molecular formula is C23H32N10O11P2S2. The molecule has 0 bridgehead atoms. The van der Waals surface area contributed by atoms with Gasteiger partial charge in [-0.1, -0.05) is 24.5 Å². The molecule has 0 radical (unpaired) electrons. The molecule has 6 rings (SSSR count). The van der Waals surface area contributed by atoms with Crippen LogP contribution in [0.5, 0.6) is 0 Å². The molecule has 2 saturated heterocycles. The van der Waals surface area contributed by atoms with Gasteiger partial charge in [0.15, 0.2) is 35.4 Å². The molecule has 6 heterocycles. The molecule has 4 aromatic heterocycles. The Labute approximate surface area is 282 Å². The summed E-state index contributed by atoms with van der Waals surface area (Å²) in [6, 6.07) is 0. The molecule has 2 fully saturated rings. The number of methoxy groups -OCH3 is 2. The van der Waals surface area contributed by atoms with E-state index in [1.807, 2.05) is 0 Å². The van der Waals surface area contributed by atoms with Crippen molar-refractivity contribution in [1.29, 1.82) is 0 Å². The highest BCUT2D eigenvalue weighted by molar-refractivity contribution is 8.44. The summed E-state index contributed by atoms with van der Waals surface area (Å²) in [6.07, 6.45) is -3.07. The lowest BCUT2D eigenvalue weighted by atomic mass is 10.1. The molecule has 21 nitrogen and oxygen atoms in total. The van der Waals surface area contributed by atoms with Gasteiger partial charge in [0.2, 0.25) is 0 Å². The number of aliphatic hydroxyl groups is 1. The highest BCUT2D eigenvalue weighted by Gasteiger charge is 2.51. The van der Waals surface area contributed by atoms with Crippen molar-refractivity contribution in [2.75, 3.05) is 46.0 Å². The fourth-order valence-electron chi connectivity index (χ4n) is 5.46. The number of ether oxygens (including phenoxy) is 4. The maximum Gasteiger partial charge on any atom is 0.386 e. The van der Waals surface area contributed by atoms with E-state index in [4.69, 9.17) is 48.5 Å². The average molecular weight is 751 g/mol. The molecule has 10 atom stereocenters. The second-order valence-corrected chi connectivity index (χ2v) is 16.4. The quantitative estimate of drug-likeness (QED) is 0.0947. The molecule has 25 heteroatoms. The third kappa shape index (κ3) is 6.80. The van der Waals surface area contributed by atoms with E-state index < -0.39 is 75.9 Å². The topological polar surface area (TPSA) is 267 Å². The van der Waals surface area contributed by atoms with Crippen LogP contribution in [0.4, 0.5) is 11.6 Å². The first kappa shape index (κ1) is 35.3. The number of aromatic nitrogens is 8. The molecule has 0 spiro atoms. The van der Waals surface area contributed by atoms with Gasteiger partial charge in [-0.25, -0.2) is 39.0 Å². The molecule has 0 aliphatic carbocycles. The van der Waals surface area contributed by atoms with Crippen LogP contribution in [0.15, 0.2) is 25.3 Å². The summed E-state index contributed by atoms with van der Waals surface area (Å²) in [5, 5.41) is 11.1. The summed E-state index contributed by atoms with van der Waals surface area (Å²) < 4.78 is 74.4. The van der Waals surface area contributed by atoms with Crippen molar-refractivity contribution in [3.8, 4) is 0 Å². The van der Waals surface area contributed by atoms with E-state index in [1.54, 1.807) is 0 Å². The third-order valence-electron chi connectivity index (χ3n) is 7.75. The van der Waals surface area contributed by atoms with Gasteiger partial charge in [-0.05, 0) is 0 Å². The summed E-state index contributed by atoms with van der Waals surface area (Å²) in [5.41, 5.74) is 13.2. The SMILES string of the molecule is CO[C@@H]1[C@H](O)[C@@H](COP(=O)(S)O[C@H]2[C@@H](OC)[C@H](n3cnc4c(N)ncnc43)O[C@@H]2COP(=O)(S)OC)O[C@H]1n1cnc2c(N)ncnc21. The van der Waals surface area contributed by atoms with Gasteiger partial charge in [0.05, 0.1) is 25.9 Å². The van der Waals surface area contributed by atoms with Crippen molar-refractivity contribution in [2.24, 2.45) is 0 Å². The molecule has 2 unspecified atom stereocenters. The molecule has 4 aromatic rings. The lowest BCUT2D eigenvalue weighted by molar-refractivity contribution is -0.0583. The number of nitrogens with two attached hydrogens (primary N) is 2. The number of hydrogen-bond acceptors (Lipinski definition) is 19. The number of imidazole rings is 2. The Hall–Kier alpha value is -2.50. The molecule has 2 aliphatic rings. The van der Waals surface area contributed by atoms with Gasteiger partial charge < -0.3 is 40.0 Å². The van der Waals surface area contributed by atoms with Crippen LogP contribution in [0.2, 0.25) is 0 Å². The maximum atomic E-state index is 13.7. The largest absolute Gasteiger partial charge is 0.387 e. The van der Waals surface area contributed by atoms with Crippen LogP contribution in [0, 0.1) is 0 Å². The Bertz CT molecular complexity index is 1870. The van der Waals surface area contributed by atoms with E-state index >= 15 is 0 Å². The number of thiol groups is 2. The van der Waals surface area contributed by atoms with E-state index in [-0.39, 0.29) is 11.6 Å². The van der Waals surface area contributed by atoms with Crippen LogP contribution in [0.25, 0.3) is 22.3 Å². The number of nitrogen functional groups attached to an aromatic ring is 2. The van der Waals surface area contributed by atoms with Crippen LogP contribution in [0.1, 0.15) is 12.5 Å². The number of anilines is 2. The van der Waals surface area contributed by atoms with Crippen molar-refractivity contribution in [3.63, 3.8) is 0 Å². The lowest BCUT2D eigenvalue weighted by Crippen LogP contribution is -2.37. The van der Waals surface area contributed by atoms with Gasteiger partial charge >= 0.3 is 13.6 Å². The zero-order chi connectivity index (χ0) is 34.4. The number of rotatable bonds is 13. The smallest absolute Gasteiger partial charge is 0.386 e. The van der Waals surface area contributed by atoms with Crippen molar-refractivity contribution >= 4 is 72.1 Å². The summed E-state index contributed by atoms with van der Waals surface area (Å²) in [6.45, 7) is -8.92. The highest BCUT2D eigenvalue weighted by Crippen LogP contribution is 2.58. The standard InChI is InChI=1S/C23H32N10O11P2S2/c1-37-16-14(34)10(42-22(16)32-8-30-12-18(24)26-6-28-20(12)32)4-41-46(36,48)44-15-11(5-40-45(35,47)39-3)43-23(17(15)38-2)33-9-31-13-19(25)27-7-29-21(13)33/h6-11,14-17,22-23,34H,4-5H2,1-3H3,(H,35,47)(H,36,48)(H2,24,26,28)(H2,25,27,29)/t10-,11-,14-,15-,16-,17-,22-,23-,45?,46?/m1/s1. The van der Waals surface area contributed by atoms with Crippen molar-refractivity contribution < 1.29 is 51.3 Å². The van der Waals surface area contributed by atoms with Gasteiger partial charge in [-0.3, -0.25) is 22.7 Å². The van der Waals surface area contributed by atoms with Crippen molar-refractivity contribution in [3.05, 3.63) is 25.3 Å². The number of hydrogen-bond donors (Lipinski definition) is 5. The average Bonchev–Trinajstić information content (AvgIpc) is 3.83. The Morgan fingerprint density at radius 3 is 1.81 bits per heavy atom. The van der Waals surface area contributed by atoms with E-state index in [1.165, 1.54) is 48.7 Å². The van der Waals surface area contributed by atoms with Crippen LogP contribution in [-0.4, -0.2) is 115 Å². The molecule has 262 valence electrons. The fraction of sp³-hybridized carbons (Fsp3) is 0.565. The fourth-order valence-corrected chi connectivity index (χ4v) is 7.59. The normalized spacial score (nSPS) is 30.2. The van der Waals surface area contributed by atoms with E-state index in [0.29, 0.717) is 22.3 Å². The Morgan fingerprint density at radius 2 is 1.27 bits per heavy atom. The van der Waals surface area contributed by atoms with E-state index in [0.717, 1.165) is 7.11 Å². The van der Waals surface area contributed by atoms with Crippen LogP contribution < -0.4 is 11.5 Å². The molecule has 0 amide bonds. The zero-order valence-corrected chi connectivity index (χ0v) is 29.0. The van der Waals surface area contributed by atoms with Gasteiger partial charge in [0.1, 0.15) is 60.3 Å². The Kier molecular flexibility index (Phi) is 10.3. The summed E-state index contributed by atoms with van der Waals surface area (Å²) in [7, 11) is 3.92. The molecule has 0 saturated carbocycles. The first-order valence-electron chi connectivity index (χ1n) is 14.0. The predicted molar refractivity (Wildman–Crippen MR) is 172 cm³/mol. The van der Waals surface area contributed by atoms with E-state index in [2.05, 4.69) is 54.4 Å². The first-order chi connectivity index (χ1) is 22.9. The van der Waals surface area contributed by atoms with E-state index in [9.17, 15) is 14.2 Å². The van der Waals surface area contributed by atoms with Gasteiger partial charge in [-0.2, -0.15) is 0 Å². The molecule has 0 aromatic carbocycles. The van der Waals surface area contributed by atoms with Crippen molar-refractivity contribution in [2.45, 2.75) is 49.1 Å². The lowest BCUT2D eigenvalue weighted by Gasteiger charge is -2.26. The van der Waals surface area contributed by atoms with Crippen LogP contribution >= 0.6 is 38.1 Å². The summed E-state index contributed by atoms with van der Waals surface area (Å²) in [4.78, 5) is 24.8. The van der Waals surface area contributed by atoms with Gasteiger partial charge in [0, 0.05) is 21.3 Å². The maximum absolute atomic E-state index is 13.7. The number of fused-ring (bicyclic) bond motifs is 2. The predicted octanol–water partition coefficient (Wildman–Crippen LogP) is 1.16. The van der Waals surface area contributed by atoms with Crippen molar-refractivity contribution in [1.82, 2.24) is 39.0 Å².